The van der Waals surface area contributed by atoms with Gasteiger partial charge in [0.2, 0.25) is 0 Å². The number of benzene rings is 1. The highest BCUT2D eigenvalue weighted by Gasteiger charge is 2.03. The minimum absolute atomic E-state index is 0.237. The zero-order chi connectivity index (χ0) is 11.8. The van der Waals surface area contributed by atoms with Crippen LogP contribution in [-0.4, -0.2) is 24.9 Å². The average Bonchev–Trinajstić information content (AvgIpc) is 2.33. The van der Waals surface area contributed by atoms with E-state index in [-0.39, 0.29) is 6.61 Å². The van der Waals surface area contributed by atoms with Crippen LogP contribution in [0, 0.1) is 5.92 Å². The fourth-order valence-electron chi connectivity index (χ4n) is 1.44. The summed E-state index contributed by atoms with van der Waals surface area (Å²) < 4.78 is 5.36. The molecule has 0 fully saturated rings. The van der Waals surface area contributed by atoms with Crippen molar-refractivity contribution in [1.82, 2.24) is 0 Å². The van der Waals surface area contributed by atoms with Gasteiger partial charge in [0.15, 0.2) is 0 Å². The molecule has 16 heavy (non-hydrogen) atoms. The number of ether oxygens (including phenoxy) is 1. The molecule has 0 bridgehead atoms. The van der Waals surface area contributed by atoms with E-state index in [0.717, 1.165) is 24.4 Å². The maximum absolute atomic E-state index is 9.06. The Kier molecular flexibility index (Phi) is 5.72. The van der Waals surface area contributed by atoms with E-state index in [1.165, 1.54) is 0 Å². The van der Waals surface area contributed by atoms with E-state index in [1.807, 2.05) is 31.2 Å². The molecule has 0 aliphatic heterocycles. The van der Waals surface area contributed by atoms with Crippen molar-refractivity contribution in [3.05, 3.63) is 24.3 Å². The summed E-state index contributed by atoms with van der Waals surface area (Å²) in [5, 5.41) is 12.4. The van der Waals surface area contributed by atoms with Crippen LogP contribution in [0.15, 0.2) is 24.3 Å². The minimum atomic E-state index is 0.237. The number of rotatable bonds is 7. The van der Waals surface area contributed by atoms with Gasteiger partial charge in [-0.1, -0.05) is 6.92 Å². The molecule has 1 rings (SSSR count). The summed E-state index contributed by atoms with van der Waals surface area (Å²) in [7, 11) is 0. The number of aliphatic hydroxyl groups is 1. The highest BCUT2D eigenvalue weighted by molar-refractivity contribution is 5.46. The molecule has 1 aromatic rings. The molecule has 2 N–H and O–H groups in total. The van der Waals surface area contributed by atoms with Gasteiger partial charge < -0.3 is 15.2 Å². The summed E-state index contributed by atoms with van der Waals surface area (Å²) in [5.74, 6) is 1.22. The Labute approximate surface area is 97.4 Å². The van der Waals surface area contributed by atoms with Crippen LogP contribution in [0.3, 0.4) is 0 Å². The monoisotopic (exact) mass is 223 g/mol. The molecule has 1 atom stereocenters. The second-order valence-electron chi connectivity index (χ2n) is 3.80. The third-order valence-corrected chi connectivity index (χ3v) is 2.60. The van der Waals surface area contributed by atoms with Gasteiger partial charge in [-0.3, -0.25) is 0 Å². The van der Waals surface area contributed by atoms with Crippen LogP contribution in [0.5, 0.6) is 5.75 Å². The zero-order valence-corrected chi connectivity index (χ0v) is 10.1. The summed E-state index contributed by atoms with van der Waals surface area (Å²) >= 11 is 0. The van der Waals surface area contributed by atoms with Gasteiger partial charge in [-0.15, -0.1) is 0 Å². The van der Waals surface area contributed by atoms with Crippen molar-refractivity contribution in [2.24, 2.45) is 5.92 Å². The number of hydrogen-bond acceptors (Lipinski definition) is 3. The zero-order valence-electron chi connectivity index (χ0n) is 10.1. The van der Waals surface area contributed by atoms with Gasteiger partial charge in [0, 0.05) is 18.8 Å². The van der Waals surface area contributed by atoms with Crippen LogP contribution in [0.1, 0.15) is 20.3 Å². The van der Waals surface area contributed by atoms with Crippen molar-refractivity contribution in [2.75, 3.05) is 25.1 Å². The molecule has 0 amide bonds. The molecule has 0 aliphatic carbocycles. The van der Waals surface area contributed by atoms with Crippen molar-refractivity contribution < 1.29 is 9.84 Å². The van der Waals surface area contributed by atoms with Gasteiger partial charge in [-0.2, -0.15) is 0 Å². The summed E-state index contributed by atoms with van der Waals surface area (Å²) in [6, 6.07) is 7.89. The van der Waals surface area contributed by atoms with Crippen molar-refractivity contribution in [2.45, 2.75) is 20.3 Å². The second kappa shape index (κ2) is 7.12. The van der Waals surface area contributed by atoms with E-state index >= 15 is 0 Å². The molecule has 0 aromatic heterocycles. The minimum Gasteiger partial charge on any atom is -0.494 e. The molecule has 0 saturated carbocycles. The Hall–Kier alpha value is -1.22. The highest BCUT2D eigenvalue weighted by atomic mass is 16.5. The first-order valence-electron chi connectivity index (χ1n) is 5.87. The summed E-state index contributed by atoms with van der Waals surface area (Å²) in [6.07, 6.45) is 0.987. The quantitative estimate of drug-likeness (QED) is 0.746. The van der Waals surface area contributed by atoms with Gasteiger partial charge in [0.05, 0.1) is 6.61 Å². The Balaban J connectivity index is 2.42. The second-order valence-corrected chi connectivity index (χ2v) is 3.80. The van der Waals surface area contributed by atoms with E-state index in [9.17, 15) is 0 Å². The first-order valence-corrected chi connectivity index (χ1v) is 5.87. The van der Waals surface area contributed by atoms with Gasteiger partial charge >= 0.3 is 0 Å². The molecule has 3 heteroatoms. The molecule has 0 heterocycles. The lowest BCUT2D eigenvalue weighted by Crippen LogP contribution is -2.16. The van der Waals surface area contributed by atoms with Crippen LogP contribution in [0.2, 0.25) is 0 Å². The Morgan fingerprint density at radius 3 is 2.44 bits per heavy atom. The van der Waals surface area contributed by atoms with Gasteiger partial charge in [0.1, 0.15) is 5.75 Å². The SMILES string of the molecule is CCOc1ccc(NCC(CC)CO)cc1. The number of nitrogens with one attached hydrogen (secondary N) is 1. The topological polar surface area (TPSA) is 41.5 Å². The Morgan fingerprint density at radius 2 is 1.94 bits per heavy atom. The standard InChI is InChI=1S/C13H21NO2/c1-3-11(10-15)9-14-12-5-7-13(8-6-12)16-4-2/h5-8,11,14-15H,3-4,9-10H2,1-2H3. The molecular weight excluding hydrogens is 202 g/mol. The van der Waals surface area contributed by atoms with Crippen molar-refractivity contribution in [1.29, 1.82) is 0 Å². The summed E-state index contributed by atoms with van der Waals surface area (Å²) in [6.45, 7) is 5.79. The third-order valence-electron chi connectivity index (χ3n) is 2.60. The van der Waals surface area contributed by atoms with Crippen LogP contribution in [0.4, 0.5) is 5.69 Å². The third kappa shape index (κ3) is 4.11. The molecular formula is C13H21NO2. The van der Waals surface area contributed by atoms with Gasteiger partial charge in [-0.05, 0) is 43.5 Å². The van der Waals surface area contributed by atoms with Crippen molar-refractivity contribution in [3.8, 4) is 5.75 Å². The van der Waals surface area contributed by atoms with Crippen molar-refractivity contribution in [3.63, 3.8) is 0 Å². The summed E-state index contributed by atoms with van der Waals surface area (Å²) in [4.78, 5) is 0. The van der Waals surface area contributed by atoms with E-state index in [1.54, 1.807) is 0 Å². The largest absolute Gasteiger partial charge is 0.494 e. The smallest absolute Gasteiger partial charge is 0.119 e. The first kappa shape index (κ1) is 12.8. The average molecular weight is 223 g/mol. The lowest BCUT2D eigenvalue weighted by Gasteiger charge is -2.13. The van der Waals surface area contributed by atoms with Crippen molar-refractivity contribution >= 4 is 5.69 Å². The molecule has 0 aliphatic rings. The van der Waals surface area contributed by atoms with E-state index in [0.29, 0.717) is 12.5 Å². The molecule has 0 saturated heterocycles. The molecule has 90 valence electrons. The van der Waals surface area contributed by atoms with Crippen LogP contribution in [0.25, 0.3) is 0 Å². The van der Waals surface area contributed by atoms with Crippen LogP contribution >= 0.6 is 0 Å². The fraction of sp³-hybridized carbons (Fsp3) is 0.538. The van der Waals surface area contributed by atoms with E-state index in [2.05, 4.69) is 12.2 Å². The number of hydrogen-bond donors (Lipinski definition) is 2. The maximum atomic E-state index is 9.06. The van der Waals surface area contributed by atoms with E-state index in [4.69, 9.17) is 9.84 Å². The van der Waals surface area contributed by atoms with Crippen LogP contribution < -0.4 is 10.1 Å². The molecule has 1 unspecified atom stereocenters. The number of anilines is 1. The number of aliphatic hydroxyl groups excluding tert-OH is 1. The van der Waals surface area contributed by atoms with Gasteiger partial charge in [-0.25, -0.2) is 0 Å². The lowest BCUT2D eigenvalue weighted by molar-refractivity contribution is 0.230. The molecule has 0 spiro atoms. The van der Waals surface area contributed by atoms with E-state index < -0.39 is 0 Å². The highest BCUT2D eigenvalue weighted by Crippen LogP contribution is 2.16. The Morgan fingerprint density at radius 1 is 1.25 bits per heavy atom. The molecule has 3 nitrogen and oxygen atoms in total. The first-order chi connectivity index (χ1) is 7.80. The summed E-state index contributed by atoms with van der Waals surface area (Å²) in [5.41, 5.74) is 1.07. The van der Waals surface area contributed by atoms with Gasteiger partial charge in [0.25, 0.3) is 0 Å². The fourth-order valence-corrected chi connectivity index (χ4v) is 1.44. The maximum Gasteiger partial charge on any atom is 0.119 e. The lowest BCUT2D eigenvalue weighted by atomic mass is 10.1. The molecule has 0 radical (unpaired) electrons. The molecule has 1 aromatic carbocycles. The predicted octanol–water partition coefficient (Wildman–Crippen LogP) is 2.52. The normalized spacial score (nSPS) is 12.2. The predicted molar refractivity (Wildman–Crippen MR) is 67.0 cm³/mol. The Bertz CT molecular complexity index is 280. The van der Waals surface area contributed by atoms with Crippen LogP contribution in [-0.2, 0) is 0 Å².